The second-order valence-electron chi connectivity index (χ2n) is 4.51. The van der Waals surface area contributed by atoms with Gasteiger partial charge in [-0.15, -0.1) is 0 Å². The first-order valence-electron chi connectivity index (χ1n) is 6.04. The molecule has 0 radical (unpaired) electrons. The molecule has 0 aliphatic rings. The summed E-state index contributed by atoms with van der Waals surface area (Å²) in [4.78, 5) is 10.5. The molecule has 2 aromatic rings. The number of aromatic nitrogens is 1. The maximum absolute atomic E-state index is 10.5. The van der Waals surface area contributed by atoms with Crippen LogP contribution in [0.4, 0.5) is 0 Å². The Balaban J connectivity index is 2.20. The number of rotatable bonds is 4. The van der Waals surface area contributed by atoms with Crippen molar-refractivity contribution in [2.75, 3.05) is 0 Å². The number of carboxylic acid groups (broad SMARTS) is 1. The third-order valence-electron chi connectivity index (χ3n) is 3.09. The smallest absolute Gasteiger partial charge is 0.303 e. The van der Waals surface area contributed by atoms with Gasteiger partial charge in [0.2, 0.25) is 0 Å². The maximum Gasteiger partial charge on any atom is 0.303 e. The molecule has 0 spiro atoms. The van der Waals surface area contributed by atoms with Gasteiger partial charge in [-0.2, -0.15) is 0 Å². The molecule has 0 saturated heterocycles. The van der Waals surface area contributed by atoms with Crippen molar-refractivity contribution >= 4 is 5.97 Å². The number of benzene rings is 1. The van der Waals surface area contributed by atoms with Gasteiger partial charge in [0, 0.05) is 23.5 Å². The molecule has 1 aromatic carbocycles. The van der Waals surface area contributed by atoms with Gasteiger partial charge < -0.3 is 9.67 Å². The largest absolute Gasteiger partial charge is 0.481 e. The van der Waals surface area contributed by atoms with Crippen LogP contribution in [0.1, 0.15) is 23.4 Å². The van der Waals surface area contributed by atoms with E-state index >= 15 is 0 Å². The fourth-order valence-corrected chi connectivity index (χ4v) is 2.14. The zero-order valence-corrected chi connectivity index (χ0v) is 10.7. The molecule has 3 heteroatoms. The summed E-state index contributed by atoms with van der Waals surface area (Å²) in [5, 5.41) is 8.65. The summed E-state index contributed by atoms with van der Waals surface area (Å²) in [5.41, 5.74) is 4.58. The van der Waals surface area contributed by atoms with E-state index in [1.165, 1.54) is 11.4 Å². The molecule has 0 saturated carbocycles. The fraction of sp³-hybridized carbons (Fsp3) is 0.267. The summed E-state index contributed by atoms with van der Waals surface area (Å²) in [7, 11) is 0. The van der Waals surface area contributed by atoms with Gasteiger partial charge in [0.05, 0.1) is 0 Å². The van der Waals surface area contributed by atoms with Crippen LogP contribution in [0, 0.1) is 13.8 Å². The molecule has 18 heavy (non-hydrogen) atoms. The summed E-state index contributed by atoms with van der Waals surface area (Å²) in [6, 6.07) is 12.3. The highest BCUT2D eigenvalue weighted by Crippen LogP contribution is 2.17. The lowest BCUT2D eigenvalue weighted by Crippen LogP contribution is -2.00. The molecule has 0 aliphatic heterocycles. The van der Waals surface area contributed by atoms with Gasteiger partial charge in [-0.05, 0) is 50.1 Å². The highest BCUT2D eigenvalue weighted by atomic mass is 16.4. The Morgan fingerprint density at radius 1 is 1.06 bits per heavy atom. The molecule has 0 aliphatic carbocycles. The van der Waals surface area contributed by atoms with Crippen molar-refractivity contribution < 1.29 is 9.90 Å². The lowest BCUT2D eigenvalue weighted by Gasteiger charge is -2.10. The SMILES string of the molecule is Cc1ccc(C)n1-c1ccc(CCC(=O)O)cc1. The average molecular weight is 243 g/mol. The second kappa shape index (κ2) is 5.08. The van der Waals surface area contributed by atoms with E-state index in [2.05, 4.69) is 30.5 Å². The molecule has 2 rings (SSSR count). The van der Waals surface area contributed by atoms with Gasteiger partial charge >= 0.3 is 5.97 Å². The number of aryl methyl sites for hydroxylation is 3. The first-order valence-corrected chi connectivity index (χ1v) is 6.04. The van der Waals surface area contributed by atoms with E-state index in [4.69, 9.17) is 5.11 Å². The van der Waals surface area contributed by atoms with Crippen molar-refractivity contribution in [2.24, 2.45) is 0 Å². The summed E-state index contributed by atoms with van der Waals surface area (Å²) < 4.78 is 2.18. The standard InChI is InChI=1S/C15H17NO2/c1-11-3-4-12(2)16(11)14-8-5-13(6-9-14)7-10-15(17)18/h3-6,8-9H,7,10H2,1-2H3,(H,17,18). The molecule has 0 amide bonds. The van der Waals surface area contributed by atoms with E-state index in [-0.39, 0.29) is 6.42 Å². The van der Waals surface area contributed by atoms with E-state index in [1.54, 1.807) is 0 Å². The van der Waals surface area contributed by atoms with Crippen molar-refractivity contribution in [3.8, 4) is 5.69 Å². The lowest BCUT2D eigenvalue weighted by molar-refractivity contribution is -0.136. The Morgan fingerprint density at radius 3 is 2.11 bits per heavy atom. The Bertz CT molecular complexity index is 533. The molecule has 94 valence electrons. The quantitative estimate of drug-likeness (QED) is 0.896. The third kappa shape index (κ3) is 2.62. The number of hydrogen-bond acceptors (Lipinski definition) is 1. The van der Waals surface area contributed by atoms with Gasteiger partial charge in [-0.3, -0.25) is 4.79 Å². The van der Waals surface area contributed by atoms with Crippen LogP contribution in [0.25, 0.3) is 5.69 Å². The van der Waals surface area contributed by atoms with Crippen molar-refractivity contribution in [1.82, 2.24) is 4.57 Å². The summed E-state index contributed by atoms with van der Waals surface area (Å²) in [6.07, 6.45) is 0.764. The number of nitrogens with zero attached hydrogens (tertiary/aromatic N) is 1. The molecule has 0 atom stereocenters. The van der Waals surface area contributed by atoms with E-state index in [0.29, 0.717) is 6.42 Å². The summed E-state index contributed by atoms with van der Waals surface area (Å²) in [6.45, 7) is 4.15. The van der Waals surface area contributed by atoms with Crippen LogP contribution in [-0.4, -0.2) is 15.6 Å². The van der Waals surface area contributed by atoms with Crippen LogP contribution in [0.2, 0.25) is 0 Å². The molecule has 1 N–H and O–H groups in total. The van der Waals surface area contributed by atoms with Crippen LogP contribution in [0.3, 0.4) is 0 Å². The van der Waals surface area contributed by atoms with E-state index < -0.39 is 5.97 Å². The van der Waals surface area contributed by atoms with Gasteiger partial charge in [0.1, 0.15) is 0 Å². The maximum atomic E-state index is 10.5. The zero-order valence-electron chi connectivity index (χ0n) is 10.7. The number of aliphatic carboxylic acids is 1. The molecule has 0 fully saturated rings. The van der Waals surface area contributed by atoms with Crippen LogP contribution in [-0.2, 0) is 11.2 Å². The second-order valence-corrected chi connectivity index (χ2v) is 4.51. The number of hydrogen-bond donors (Lipinski definition) is 1. The summed E-state index contributed by atoms with van der Waals surface area (Å²) in [5.74, 6) is -0.754. The van der Waals surface area contributed by atoms with Crippen molar-refractivity contribution in [2.45, 2.75) is 26.7 Å². The van der Waals surface area contributed by atoms with Gasteiger partial charge in [0.15, 0.2) is 0 Å². The van der Waals surface area contributed by atoms with Crippen LogP contribution in [0.15, 0.2) is 36.4 Å². The van der Waals surface area contributed by atoms with Crippen LogP contribution >= 0.6 is 0 Å². The highest BCUT2D eigenvalue weighted by Gasteiger charge is 2.04. The fourth-order valence-electron chi connectivity index (χ4n) is 2.14. The lowest BCUT2D eigenvalue weighted by atomic mass is 10.1. The molecule has 1 heterocycles. The Hall–Kier alpha value is -2.03. The summed E-state index contributed by atoms with van der Waals surface area (Å²) >= 11 is 0. The third-order valence-corrected chi connectivity index (χ3v) is 3.09. The molecule has 0 bridgehead atoms. The first-order chi connectivity index (χ1) is 8.58. The first kappa shape index (κ1) is 12.4. The van der Waals surface area contributed by atoms with E-state index in [1.807, 2.05) is 24.3 Å². The minimum atomic E-state index is -0.754. The number of carbonyl (C=O) groups is 1. The van der Waals surface area contributed by atoms with Crippen LogP contribution < -0.4 is 0 Å². The van der Waals surface area contributed by atoms with Gasteiger partial charge in [-0.1, -0.05) is 12.1 Å². The Morgan fingerprint density at radius 2 is 1.61 bits per heavy atom. The normalized spacial score (nSPS) is 10.6. The number of carboxylic acids is 1. The predicted octanol–water partition coefficient (Wildman–Crippen LogP) is 3.11. The minimum Gasteiger partial charge on any atom is -0.481 e. The van der Waals surface area contributed by atoms with Crippen molar-refractivity contribution in [3.05, 3.63) is 53.3 Å². The van der Waals surface area contributed by atoms with E-state index in [0.717, 1.165) is 11.3 Å². The topological polar surface area (TPSA) is 42.2 Å². The monoisotopic (exact) mass is 243 g/mol. The minimum absolute atomic E-state index is 0.181. The van der Waals surface area contributed by atoms with Crippen molar-refractivity contribution in [3.63, 3.8) is 0 Å². The molecule has 0 unspecified atom stereocenters. The molecule has 3 nitrogen and oxygen atoms in total. The van der Waals surface area contributed by atoms with Crippen molar-refractivity contribution in [1.29, 1.82) is 0 Å². The van der Waals surface area contributed by atoms with Gasteiger partial charge in [-0.25, -0.2) is 0 Å². The zero-order chi connectivity index (χ0) is 13.1. The molecular weight excluding hydrogens is 226 g/mol. The Labute approximate surface area is 107 Å². The predicted molar refractivity (Wildman–Crippen MR) is 71.2 cm³/mol. The molecule has 1 aromatic heterocycles. The van der Waals surface area contributed by atoms with E-state index in [9.17, 15) is 4.79 Å². The highest BCUT2D eigenvalue weighted by molar-refractivity contribution is 5.67. The average Bonchev–Trinajstić information content (AvgIpc) is 2.67. The van der Waals surface area contributed by atoms with Gasteiger partial charge in [0.25, 0.3) is 0 Å². The Kier molecular flexibility index (Phi) is 3.51. The van der Waals surface area contributed by atoms with Crippen LogP contribution in [0.5, 0.6) is 0 Å². The molecular formula is C15H17NO2.